The number of amides is 3. The number of urea groups is 1. The fourth-order valence-electron chi connectivity index (χ4n) is 3.52. The predicted molar refractivity (Wildman–Crippen MR) is 105 cm³/mol. The van der Waals surface area contributed by atoms with Crippen LogP contribution in [-0.2, 0) is 14.9 Å². The van der Waals surface area contributed by atoms with Gasteiger partial charge in [-0.3, -0.25) is 0 Å². The van der Waals surface area contributed by atoms with Crippen LogP contribution in [0.25, 0.3) is 0 Å². The number of hydrogen-bond donors (Lipinski definition) is 2. The second-order valence-electron chi connectivity index (χ2n) is 6.79. The molecule has 3 amide bonds. The number of carbonyl (C=O) groups is 2. The van der Waals surface area contributed by atoms with Crippen molar-refractivity contribution in [2.24, 2.45) is 5.73 Å². The summed E-state index contributed by atoms with van der Waals surface area (Å²) in [5, 5.41) is 0. The Morgan fingerprint density at radius 3 is 2.55 bits per heavy atom. The highest BCUT2D eigenvalue weighted by Crippen LogP contribution is 2.34. The summed E-state index contributed by atoms with van der Waals surface area (Å²) >= 11 is 0. The highest BCUT2D eigenvalue weighted by Gasteiger charge is 2.35. The molecule has 1 aromatic rings. The minimum absolute atomic E-state index is 0.210. The van der Waals surface area contributed by atoms with Gasteiger partial charge in [-0.2, -0.15) is 12.7 Å². The molecular formula is C18H27FN4O5S. The Balaban J connectivity index is 2.14. The number of halogens is 1. The van der Waals surface area contributed by atoms with Crippen molar-refractivity contribution < 1.29 is 27.1 Å². The van der Waals surface area contributed by atoms with Gasteiger partial charge < -0.3 is 15.4 Å². The van der Waals surface area contributed by atoms with E-state index in [1.165, 1.54) is 17.0 Å². The van der Waals surface area contributed by atoms with Crippen LogP contribution in [0.4, 0.5) is 14.0 Å². The van der Waals surface area contributed by atoms with Crippen LogP contribution in [-0.4, -0.2) is 55.5 Å². The number of aryl methyl sites for hydroxylation is 1. The normalized spacial score (nSPS) is 19.8. The first-order valence-corrected chi connectivity index (χ1v) is 10.8. The summed E-state index contributed by atoms with van der Waals surface area (Å²) in [4.78, 5) is 25.4. The number of piperidine rings is 1. The molecule has 1 heterocycles. The molecule has 2 atom stereocenters. The molecule has 0 spiro atoms. The van der Waals surface area contributed by atoms with Crippen LogP contribution in [0.2, 0.25) is 0 Å². The van der Waals surface area contributed by atoms with E-state index in [2.05, 4.69) is 0 Å². The fourth-order valence-corrected chi connectivity index (χ4v) is 4.59. The number of rotatable bonds is 6. The topological polar surface area (TPSA) is 122 Å². The monoisotopic (exact) mass is 430 g/mol. The van der Waals surface area contributed by atoms with Crippen molar-refractivity contribution in [1.29, 1.82) is 0 Å². The van der Waals surface area contributed by atoms with Crippen LogP contribution in [0.5, 0.6) is 0 Å². The Morgan fingerprint density at radius 2 is 2.00 bits per heavy atom. The predicted octanol–water partition coefficient (Wildman–Crippen LogP) is 2.03. The lowest BCUT2D eigenvalue weighted by Crippen LogP contribution is -2.48. The molecule has 1 aliphatic rings. The maximum absolute atomic E-state index is 13.5. The summed E-state index contributed by atoms with van der Waals surface area (Å²) in [5.74, 6) is -0.401. The van der Waals surface area contributed by atoms with Gasteiger partial charge in [0.25, 0.3) is 0 Å². The zero-order valence-corrected chi connectivity index (χ0v) is 17.5. The van der Waals surface area contributed by atoms with E-state index < -0.39 is 40.3 Å². The highest BCUT2D eigenvalue weighted by atomic mass is 32.2. The number of hydrogen-bond acceptors (Lipinski definition) is 5. The molecule has 2 unspecified atom stereocenters. The summed E-state index contributed by atoms with van der Waals surface area (Å²) in [6.45, 7) is 5.67. The van der Waals surface area contributed by atoms with Gasteiger partial charge >= 0.3 is 22.3 Å². The first-order chi connectivity index (χ1) is 13.6. The van der Waals surface area contributed by atoms with Gasteiger partial charge in [0.2, 0.25) is 0 Å². The highest BCUT2D eigenvalue weighted by molar-refractivity contribution is 7.87. The van der Waals surface area contributed by atoms with Gasteiger partial charge in [-0.05, 0) is 30.2 Å². The van der Waals surface area contributed by atoms with E-state index >= 15 is 0 Å². The third-order valence-electron chi connectivity index (χ3n) is 4.96. The zero-order valence-electron chi connectivity index (χ0n) is 16.7. The van der Waals surface area contributed by atoms with E-state index in [0.29, 0.717) is 17.5 Å². The van der Waals surface area contributed by atoms with Gasteiger partial charge in [0, 0.05) is 32.5 Å². The zero-order chi connectivity index (χ0) is 21.8. The summed E-state index contributed by atoms with van der Waals surface area (Å²) in [5.41, 5.74) is 6.80. The van der Waals surface area contributed by atoms with Crippen molar-refractivity contribution >= 4 is 22.3 Å². The molecule has 1 fully saturated rings. The summed E-state index contributed by atoms with van der Waals surface area (Å²) in [7, 11) is -3.99. The number of ether oxygens (including phenoxy) is 1. The molecule has 0 radical (unpaired) electrons. The van der Waals surface area contributed by atoms with Crippen molar-refractivity contribution in [2.45, 2.75) is 45.8 Å². The molecule has 0 saturated carbocycles. The fraction of sp³-hybridized carbons (Fsp3) is 0.556. The molecule has 1 aromatic carbocycles. The van der Waals surface area contributed by atoms with Crippen molar-refractivity contribution in [2.75, 3.05) is 19.6 Å². The van der Waals surface area contributed by atoms with E-state index in [4.69, 9.17) is 10.5 Å². The summed E-state index contributed by atoms with van der Waals surface area (Å²) < 4.78 is 46.1. The van der Waals surface area contributed by atoms with Crippen LogP contribution < -0.4 is 10.5 Å². The van der Waals surface area contributed by atoms with Gasteiger partial charge in [0.15, 0.2) is 0 Å². The average molecular weight is 431 g/mol. The Kier molecular flexibility index (Phi) is 7.42. The lowest BCUT2D eigenvalue weighted by molar-refractivity contribution is 0.0395. The van der Waals surface area contributed by atoms with Crippen LogP contribution in [0, 0.1) is 12.7 Å². The smallest absolute Gasteiger partial charge is 0.422 e. The molecule has 162 valence electrons. The van der Waals surface area contributed by atoms with Gasteiger partial charge in [0.05, 0.1) is 6.04 Å². The van der Waals surface area contributed by atoms with E-state index in [9.17, 15) is 22.4 Å². The number of benzene rings is 1. The standard InChI is InChI=1S/C18H27FN4O5S/c1-4-22(5-2)29(26,27)21-18(25)28-14-8-9-23(17(20)24)16(11-14)15-7-6-13(19)10-12(15)3/h6-7,10,14,16H,4-5,8-9,11H2,1-3H3,(H2,20,24)(H,21,25). The molecule has 29 heavy (non-hydrogen) atoms. The second kappa shape index (κ2) is 9.40. The molecule has 0 aliphatic carbocycles. The number of nitrogens with one attached hydrogen (secondary N) is 1. The van der Waals surface area contributed by atoms with Crippen LogP contribution in [0.1, 0.15) is 43.9 Å². The Morgan fingerprint density at radius 1 is 1.34 bits per heavy atom. The van der Waals surface area contributed by atoms with Crippen molar-refractivity contribution in [3.8, 4) is 0 Å². The van der Waals surface area contributed by atoms with Crippen molar-refractivity contribution in [3.63, 3.8) is 0 Å². The SMILES string of the molecule is CCN(CC)S(=O)(=O)NC(=O)OC1CCN(C(N)=O)C(c2ccc(F)cc2C)C1. The lowest BCUT2D eigenvalue weighted by atomic mass is 9.91. The van der Waals surface area contributed by atoms with Gasteiger partial charge in [-0.25, -0.2) is 18.7 Å². The summed E-state index contributed by atoms with van der Waals surface area (Å²) in [6.07, 6.45) is -1.19. The average Bonchev–Trinajstić information content (AvgIpc) is 2.61. The number of likely N-dealkylation sites (tertiary alicyclic amines) is 1. The molecular weight excluding hydrogens is 403 g/mol. The number of carbonyl (C=O) groups excluding carboxylic acids is 2. The Hall–Kier alpha value is -2.40. The van der Waals surface area contributed by atoms with Gasteiger partial charge in [-0.15, -0.1) is 0 Å². The van der Waals surface area contributed by atoms with E-state index in [-0.39, 0.29) is 26.1 Å². The number of primary amides is 1. The number of nitrogens with zero attached hydrogens (tertiary/aromatic N) is 2. The van der Waals surface area contributed by atoms with Crippen LogP contribution in [0.3, 0.4) is 0 Å². The van der Waals surface area contributed by atoms with Crippen molar-refractivity contribution in [1.82, 2.24) is 13.9 Å². The Bertz CT molecular complexity index is 860. The molecule has 9 nitrogen and oxygen atoms in total. The molecule has 1 saturated heterocycles. The second-order valence-corrected chi connectivity index (χ2v) is 8.46. The molecule has 0 aromatic heterocycles. The third kappa shape index (κ3) is 5.57. The maximum atomic E-state index is 13.5. The Labute approximate surface area is 170 Å². The quantitative estimate of drug-likeness (QED) is 0.715. The van der Waals surface area contributed by atoms with Gasteiger partial charge in [-0.1, -0.05) is 19.9 Å². The van der Waals surface area contributed by atoms with Gasteiger partial charge in [0.1, 0.15) is 11.9 Å². The van der Waals surface area contributed by atoms with E-state index in [1.807, 2.05) is 4.72 Å². The first kappa shape index (κ1) is 22.9. The molecule has 1 aliphatic heterocycles. The van der Waals surface area contributed by atoms with Crippen LogP contribution in [0.15, 0.2) is 18.2 Å². The molecule has 2 rings (SSSR count). The van der Waals surface area contributed by atoms with E-state index in [0.717, 1.165) is 4.31 Å². The minimum atomic E-state index is -3.99. The maximum Gasteiger partial charge on any atom is 0.422 e. The third-order valence-corrected chi connectivity index (χ3v) is 6.58. The minimum Gasteiger partial charge on any atom is -0.445 e. The van der Waals surface area contributed by atoms with E-state index in [1.54, 1.807) is 26.8 Å². The molecule has 11 heteroatoms. The summed E-state index contributed by atoms with van der Waals surface area (Å²) in [6, 6.07) is 3.06. The molecule has 0 bridgehead atoms. The first-order valence-electron chi connectivity index (χ1n) is 9.39. The van der Waals surface area contributed by atoms with Crippen LogP contribution >= 0.6 is 0 Å². The molecule has 3 N–H and O–H groups in total. The van der Waals surface area contributed by atoms with Crippen molar-refractivity contribution in [3.05, 3.63) is 35.1 Å². The lowest BCUT2D eigenvalue weighted by Gasteiger charge is -2.39. The largest absolute Gasteiger partial charge is 0.445 e. The number of nitrogens with two attached hydrogens (primary N) is 1.